The topological polar surface area (TPSA) is 50.6 Å². The van der Waals surface area contributed by atoms with Crippen molar-refractivity contribution in [2.24, 2.45) is 18.0 Å². The van der Waals surface area contributed by atoms with E-state index in [0.717, 1.165) is 43.8 Å². The molecule has 0 amide bonds. The van der Waals surface area contributed by atoms with E-state index in [1.54, 1.807) is 7.05 Å². The normalized spacial score (nSPS) is 15.2. The van der Waals surface area contributed by atoms with E-state index < -0.39 is 0 Å². The highest BCUT2D eigenvalue weighted by Crippen LogP contribution is 2.28. The number of rotatable bonds is 8. The summed E-state index contributed by atoms with van der Waals surface area (Å²) in [4.78, 5) is 4.20. The second-order valence-electron chi connectivity index (χ2n) is 5.56. The van der Waals surface area contributed by atoms with Crippen LogP contribution in [-0.2, 0) is 18.3 Å². The Hall–Kier alpha value is -0.910. The number of ether oxygens (including phenoxy) is 1. The largest absolute Gasteiger partial charge is 0.381 e. The van der Waals surface area contributed by atoms with Gasteiger partial charge in [-0.05, 0) is 31.2 Å². The second kappa shape index (κ2) is 8.65. The maximum Gasteiger partial charge on any atom is 0.191 e. The van der Waals surface area contributed by atoms with Crippen molar-refractivity contribution in [1.29, 1.82) is 0 Å². The molecule has 1 saturated carbocycles. The van der Waals surface area contributed by atoms with Gasteiger partial charge in [-0.15, -0.1) is 0 Å². The lowest BCUT2D eigenvalue weighted by atomic mass is 10.4. The minimum Gasteiger partial charge on any atom is -0.381 e. The molecule has 22 heavy (non-hydrogen) atoms. The summed E-state index contributed by atoms with van der Waals surface area (Å²) in [6.45, 7) is 3.16. The molecule has 0 aliphatic heterocycles. The number of nitrogens with zero attached hydrogens (tertiary/aromatic N) is 2. The van der Waals surface area contributed by atoms with Crippen LogP contribution in [-0.4, -0.2) is 37.3 Å². The van der Waals surface area contributed by atoms with Gasteiger partial charge in [-0.25, -0.2) is 0 Å². The lowest BCUT2D eigenvalue weighted by Crippen LogP contribution is -2.37. The van der Waals surface area contributed by atoms with Gasteiger partial charge in [0, 0.05) is 39.5 Å². The predicted octanol–water partition coefficient (Wildman–Crippen LogP) is 2.81. The standard InChI is InChI=1S/C15H24Cl2N4O/c1-18-15(19-6-3-7-22-10-11-4-5-11)20-9-12-8-13(16)14(17)21(12)2/h8,11H,3-7,9-10H2,1-2H3,(H2,18,19,20). The lowest BCUT2D eigenvalue weighted by molar-refractivity contribution is 0.123. The van der Waals surface area contributed by atoms with Gasteiger partial charge in [-0.1, -0.05) is 23.2 Å². The molecule has 0 bridgehead atoms. The zero-order valence-corrected chi connectivity index (χ0v) is 14.7. The van der Waals surface area contributed by atoms with Crippen LogP contribution in [0, 0.1) is 5.92 Å². The van der Waals surface area contributed by atoms with Gasteiger partial charge in [0.1, 0.15) is 5.15 Å². The maximum absolute atomic E-state index is 6.05. The van der Waals surface area contributed by atoms with Crippen molar-refractivity contribution in [2.45, 2.75) is 25.8 Å². The fraction of sp³-hybridized carbons (Fsp3) is 0.667. The van der Waals surface area contributed by atoms with E-state index in [-0.39, 0.29) is 0 Å². The molecule has 1 aliphatic rings. The SMILES string of the molecule is CN=C(NCCCOCC1CC1)NCc1cc(Cl)c(Cl)n1C. The highest BCUT2D eigenvalue weighted by molar-refractivity contribution is 6.41. The minimum absolute atomic E-state index is 0.550. The van der Waals surface area contributed by atoms with Crippen molar-refractivity contribution in [1.82, 2.24) is 15.2 Å². The van der Waals surface area contributed by atoms with Crippen LogP contribution in [0.3, 0.4) is 0 Å². The zero-order valence-electron chi connectivity index (χ0n) is 13.2. The Morgan fingerprint density at radius 1 is 1.41 bits per heavy atom. The van der Waals surface area contributed by atoms with Crippen molar-refractivity contribution in [2.75, 3.05) is 26.8 Å². The molecular formula is C15H24Cl2N4O. The Balaban J connectivity index is 1.62. The summed E-state index contributed by atoms with van der Waals surface area (Å²) in [5.41, 5.74) is 1.01. The van der Waals surface area contributed by atoms with E-state index in [2.05, 4.69) is 15.6 Å². The molecule has 1 aromatic rings. The molecule has 5 nitrogen and oxygen atoms in total. The second-order valence-corrected chi connectivity index (χ2v) is 6.32. The number of hydrogen-bond acceptors (Lipinski definition) is 2. The van der Waals surface area contributed by atoms with E-state index in [1.165, 1.54) is 12.8 Å². The molecule has 0 radical (unpaired) electrons. The Kier molecular flexibility index (Phi) is 6.86. The smallest absolute Gasteiger partial charge is 0.191 e. The summed E-state index contributed by atoms with van der Waals surface area (Å²) in [5.74, 6) is 1.59. The third-order valence-corrected chi connectivity index (χ3v) is 4.53. The first-order valence-electron chi connectivity index (χ1n) is 7.63. The molecule has 2 N–H and O–H groups in total. The van der Waals surface area contributed by atoms with Crippen LogP contribution in [0.2, 0.25) is 10.2 Å². The van der Waals surface area contributed by atoms with Crippen LogP contribution in [0.15, 0.2) is 11.1 Å². The van der Waals surface area contributed by atoms with Crippen LogP contribution >= 0.6 is 23.2 Å². The fourth-order valence-electron chi connectivity index (χ4n) is 2.07. The first kappa shape index (κ1) is 17.4. The van der Waals surface area contributed by atoms with Gasteiger partial charge < -0.3 is 19.9 Å². The van der Waals surface area contributed by atoms with Crippen LogP contribution < -0.4 is 10.6 Å². The molecule has 1 heterocycles. The van der Waals surface area contributed by atoms with E-state index >= 15 is 0 Å². The summed E-state index contributed by atoms with van der Waals surface area (Å²) < 4.78 is 7.46. The molecule has 0 unspecified atom stereocenters. The van der Waals surface area contributed by atoms with Gasteiger partial charge >= 0.3 is 0 Å². The zero-order chi connectivity index (χ0) is 15.9. The van der Waals surface area contributed by atoms with Crippen molar-refractivity contribution in [3.8, 4) is 0 Å². The number of aliphatic imine (C=N–C) groups is 1. The maximum atomic E-state index is 6.05. The van der Waals surface area contributed by atoms with Gasteiger partial charge in [0.15, 0.2) is 5.96 Å². The Morgan fingerprint density at radius 2 is 2.18 bits per heavy atom. The number of hydrogen-bond donors (Lipinski definition) is 2. The molecule has 0 aromatic carbocycles. The number of guanidine groups is 1. The van der Waals surface area contributed by atoms with Gasteiger partial charge in [-0.3, -0.25) is 4.99 Å². The quantitative estimate of drug-likeness (QED) is 0.432. The average Bonchev–Trinajstić information content (AvgIpc) is 3.30. The molecule has 1 aromatic heterocycles. The molecule has 124 valence electrons. The van der Waals surface area contributed by atoms with Gasteiger partial charge in [0.05, 0.1) is 11.6 Å². The average molecular weight is 347 g/mol. The number of halogens is 2. The Labute approximate surface area is 142 Å². The summed E-state index contributed by atoms with van der Waals surface area (Å²) >= 11 is 12.1. The van der Waals surface area contributed by atoms with Crippen LogP contribution in [0.5, 0.6) is 0 Å². The number of nitrogens with one attached hydrogen (secondary N) is 2. The minimum atomic E-state index is 0.550. The van der Waals surface area contributed by atoms with Crippen molar-refractivity contribution in [3.63, 3.8) is 0 Å². The fourth-order valence-corrected chi connectivity index (χ4v) is 2.48. The molecule has 0 atom stereocenters. The van der Waals surface area contributed by atoms with E-state index in [0.29, 0.717) is 16.7 Å². The van der Waals surface area contributed by atoms with E-state index in [9.17, 15) is 0 Å². The van der Waals surface area contributed by atoms with Crippen LogP contribution in [0.4, 0.5) is 0 Å². The first-order valence-corrected chi connectivity index (χ1v) is 8.39. The van der Waals surface area contributed by atoms with Gasteiger partial charge in [0.2, 0.25) is 0 Å². The highest BCUT2D eigenvalue weighted by atomic mass is 35.5. The molecule has 1 fully saturated rings. The Bertz CT molecular complexity index is 512. The monoisotopic (exact) mass is 346 g/mol. The summed E-state index contributed by atoms with van der Waals surface area (Å²) in [6.07, 6.45) is 3.64. The third kappa shape index (κ3) is 5.38. The van der Waals surface area contributed by atoms with Crippen molar-refractivity contribution < 1.29 is 4.74 Å². The van der Waals surface area contributed by atoms with Gasteiger partial charge in [0.25, 0.3) is 0 Å². The van der Waals surface area contributed by atoms with E-state index in [4.69, 9.17) is 27.9 Å². The summed E-state index contributed by atoms with van der Waals surface area (Å²) in [5, 5.41) is 7.63. The third-order valence-electron chi connectivity index (χ3n) is 3.68. The van der Waals surface area contributed by atoms with Crippen molar-refractivity contribution >= 4 is 29.2 Å². The lowest BCUT2D eigenvalue weighted by Gasteiger charge is -2.12. The molecule has 0 saturated heterocycles. The molecular weight excluding hydrogens is 323 g/mol. The molecule has 1 aliphatic carbocycles. The van der Waals surface area contributed by atoms with Crippen LogP contribution in [0.25, 0.3) is 0 Å². The van der Waals surface area contributed by atoms with Crippen molar-refractivity contribution in [3.05, 3.63) is 21.9 Å². The first-order chi connectivity index (χ1) is 10.6. The van der Waals surface area contributed by atoms with Gasteiger partial charge in [-0.2, -0.15) is 0 Å². The molecule has 2 rings (SSSR count). The Morgan fingerprint density at radius 3 is 2.77 bits per heavy atom. The number of aromatic nitrogens is 1. The van der Waals surface area contributed by atoms with E-state index in [1.807, 2.05) is 17.7 Å². The molecule has 7 heteroatoms. The predicted molar refractivity (Wildman–Crippen MR) is 91.8 cm³/mol. The van der Waals surface area contributed by atoms with Crippen LogP contribution in [0.1, 0.15) is 25.0 Å². The summed E-state index contributed by atoms with van der Waals surface area (Å²) in [7, 11) is 3.64. The highest BCUT2D eigenvalue weighted by Gasteiger charge is 2.20. The molecule has 0 spiro atoms. The summed E-state index contributed by atoms with van der Waals surface area (Å²) in [6, 6.07) is 1.86.